The molecular weight excluding hydrogens is 312 g/mol. The normalized spacial score (nSPS) is 21.9. The van der Waals surface area contributed by atoms with Crippen molar-refractivity contribution in [2.75, 3.05) is 18.0 Å². The molecule has 0 aliphatic carbocycles. The molecule has 2 aromatic carbocycles. The van der Waals surface area contributed by atoms with Gasteiger partial charge in [0.25, 0.3) is 0 Å². The summed E-state index contributed by atoms with van der Waals surface area (Å²) in [5, 5.41) is 4.37. The van der Waals surface area contributed by atoms with E-state index in [0.717, 1.165) is 18.1 Å². The van der Waals surface area contributed by atoms with Crippen molar-refractivity contribution in [3.8, 4) is 0 Å². The van der Waals surface area contributed by atoms with Crippen LogP contribution >= 0.6 is 23.4 Å². The number of hydrogen-bond donors (Lipinski definition) is 1. The smallest absolute Gasteiger partial charge is 0.0509 e. The third kappa shape index (κ3) is 3.78. The summed E-state index contributed by atoms with van der Waals surface area (Å²) in [6.45, 7) is 6.58. The molecule has 1 heterocycles. The van der Waals surface area contributed by atoms with Crippen molar-refractivity contribution in [1.29, 1.82) is 0 Å². The SMILES string of the molecule is C[C@@H]1CN(c2ccccc2Sc2ccc(Cl)cc2)C[C@@H](C)N1. The Labute approximate surface area is 141 Å². The minimum atomic E-state index is 0.511. The third-order valence-corrected chi connectivity index (χ3v) is 5.13. The fourth-order valence-corrected chi connectivity index (χ4v) is 4.06. The summed E-state index contributed by atoms with van der Waals surface area (Å²) < 4.78 is 0. The van der Waals surface area contributed by atoms with Crippen molar-refractivity contribution < 1.29 is 0 Å². The summed E-state index contributed by atoms with van der Waals surface area (Å²) in [6.07, 6.45) is 0. The van der Waals surface area contributed by atoms with E-state index in [1.165, 1.54) is 15.5 Å². The molecule has 1 N–H and O–H groups in total. The molecule has 2 nitrogen and oxygen atoms in total. The van der Waals surface area contributed by atoms with Gasteiger partial charge in [-0.3, -0.25) is 0 Å². The maximum Gasteiger partial charge on any atom is 0.0509 e. The second kappa shape index (κ2) is 6.95. The Morgan fingerprint density at radius 3 is 2.32 bits per heavy atom. The molecule has 3 rings (SSSR count). The van der Waals surface area contributed by atoms with Gasteiger partial charge in [-0.2, -0.15) is 0 Å². The summed E-state index contributed by atoms with van der Waals surface area (Å²) in [6, 6.07) is 17.7. The Morgan fingerprint density at radius 1 is 1.00 bits per heavy atom. The van der Waals surface area contributed by atoms with Crippen molar-refractivity contribution >= 4 is 29.1 Å². The summed E-state index contributed by atoms with van der Waals surface area (Å²) >= 11 is 7.77. The second-order valence-electron chi connectivity index (χ2n) is 5.90. The zero-order chi connectivity index (χ0) is 15.5. The van der Waals surface area contributed by atoms with Gasteiger partial charge in [0.05, 0.1) is 5.69 Å². The number of halogens is 1. The fraction of sp³-hybridized carbons (Fsp3) is 0.333. The molecule has 2 aromatic rings. The highest BCUT2D eigenvalue weighted by Crippen LogP contribution is 2.36. The Morgan fingerprint density at radius 2 is 1.64 bits per heavy atom. The van der Waals surface area contributed by atoms with E-state index in [9.17, 15) is 0 Å². The van der Waals surface area contributed by atoms with E-state index in [0.29, 0.717) is 12.1 Å². The highest BCUT2D eigenvalue weighted by Gasteiger charge is 2.22. The predicted molar refractivity (Wildman–Crippen MR) is 96.3 cm³/mol. The van der Waals surface area contributed by atoms with Crippen LogP contribution in [0.4, 0.5) is 5.69 Å². The number of para-hydroxylation sites is 1. The lowest BCUT2D eigenvalue weighted by Gasteiger charge is -2.38. The van der Waals surface area contributed by atoms with Gasteiger partial charge < -0.3 is 10.2 Å². The van der Waals surface area contributed by atoms with E-state index in [4.69, 9.17) is 11.6 Å². The number of hydrogen-bond acceptors (Lipinski definition) is 3. The molecule has 2 atom stereocenters. The van der Waals surface area contributed by atoms with Crippen molar-refractivity contribution in [2.45, 2.75) is 35.7 Å². The molecule has 1 aliphatic rings. The van der Waals surface area contributed by atoms with Gasteiger partial charge >= 0.3 is 0 Å². The fourth-order valence-electron chi connectivity index (χ4n) is 2.96. The highest BCUT2D eigenvalue weighted by molar-refractivity contribution is 7.99. The van der Waals surface area contributed by atoms with Gasteiger partial charge in [-0.1, -0.05) is 35.5 Å². The molecule has 0 unspecified atom stereocenters. The number of nitrogens with one attached hydrogen (secondary N) is 1. The van der Waals surface area contributed by atoms with E-state index in [-0.39, 0.29) is 0 Å². The third-order valence-electron chi connectivity index (χ3n) is 3.80. The molecule has 0 aromatic heterocycles. The largest absolute Gasteiger partial charge is 0.368 e. The number of nitrogens with zero attached hydrogens (tertiary/aromatic N) is 1. The van der Waals surface area contributed by atoms with Crippen LogP contribution in [0.1, 0.15) is 13.8 Å². The van der Waals surface area contributed by atoms with Crippen LogP contribution in [0, 0.1) is 0 Å². The first-order valence-electron chi connectivity index (χ1n) is 7.65. The monoisotopic (exact) mass is 332 g/mol. The van der Waals surface area contributed by atoms with Crippen LogP contribution in [0.2, 0.25) is 5.02 Å². The minimum Gasteiger partial charge on any atom is -0.368 e. The lowest BCUT2D eigenvalue weighted by Crippen LogP contribution is -2.54. The molecule has 4 heteroatoms. The maximum absolute atomic E-state index is 5.98. The van der Waals surface area contributed by atoms with Crippen molar-refractivity contribution in [2.24, 2.45) is 0 Å². The molecule has 0 spiro atoms. The molecule has 0 saturated carbocycles. The van der Waals surface area contributed by atoms with Crippen LogP contribution < -0.4 is 10.2 Å². The predicted octanol–water partition coefficient (Wildman–Crippen LogP) is 4.68. The topological polar surface area (TPSA) is 15.3 Å². The lowest BCUT2D eigenvalue weighted by atomic mass is 10.1. The molecule has 116 valence electrons. The van der Waals surface area contributed by atoms with Crippen LogP contribution in [0.15, 0.2) is 58.3 Å². The lowest BCUT2D eigenvalue weighted by molar-refractivity contribution is 0.406. The number of piperazine rings is 1. The Bertz CT molecular complexity index is 619. The number of benzene rings is 2. The van der Waals surface area contributed by atoms with Crippen LogP contribution in [-0.2, 0) is 0 Å². The zero-order valence-electron chi connectivity index (χ0n) is 12.9. The van der Waals surface area contributed by atoms with E-state index in [1.807, 2.05) is 12.1 Å². The van der Waals surface area contributed by atoms with Gasteiger partial charge in [-0.15, -0.1) is 0 Å². The number of rotatable bonds is 3. The average molecular weight is 333 g/mol. The van der Waals surface area contributed by atoms with E-state index in [2.05, 4.69) is 60.5 Å². The van der Waals surface area contributed by atoms with Gasteiger partial charge in [0, 0.05) is 40.0 Å². The molecule has 0 bridgehead atoms. The van der Waals surface area contributed by atoms with Crippen LogP contribution in [0.5, 0.6) is 0 Å². The van der Waals surface area contributed by atoms with E-state index in [1.54, 1.807) is 11.8 Å². The number of anilines is 1. The second-order valence-corrected chi connectivity index (χ2v) is 7.45. The zero-order valence-corrected chi connectivity index (χ0v) is 14.5. The van der Waals surface area contributed by atoms with Crippen LogP contribution in [0.25, 0.3) is 0 Å². The Hall–Kier alpha value is -1.16. The van der Waals surface area contributed by atoms with Crippen molar-refractivity contribution in [1.82, 2.24) is 5.32 Å². The molecule has 1 fully saturated rings. The first kappa shape index (κ1) is 15.7. The van der Waals surface area contributed by atoms with E-state index >= 15 is 0 Å². The van der Waals surface area contributed by atoms with Crippen molar-refractivity contribution in [3.63, 3.8) is 0 Å². The summed E-state index contributed by atoms with van der Waals surface area (Å²) in [5.74, 6) is 0. The molecule has 0 radical (unpaired) electrons. The van der Waals surface area contributed by atoms with Gasteiger partial charge in [-0.05, 0) is 50.2 Å². The first-order valence-corrected chi connectivity index (χ1v) is 8.85. The highest BCUT2D eigenvalue weighted by atomic mass is 35.5. The summed E-state index contributed by atoms with van der Waals surface area (Å²) in [4.78, 5) is 5.00. The van der Waals surface area contributed by atoms with Gasteiger partial charge in [0.2, 0.25) is 0 Å². The Balaban J connectivity index is 1.84. The molecule has 1 saturated heterocycles. The molecule has 0 amide bonds. The maximum atomic E-state index is 5.98. The summed E-state index contributed by atoms with van der Waals surface area (Å²) in [5.41, 5.74) is 1.32. The standard InChI is InChI=1S/C18H21ClN2S/c1-13-11-21(12-14(2)20-13)17-5-3-4-6-18(17)22-16-9-7-15(19)8-10-16/h3-10,13-14,20H,11-12H2,1-2H3/t13-,14-/m1/s1. The van der Waals surface area contributed by atoms with Crippen LogP contribution in [-0.4, -0.2) is 25.2 Å². The van der Waals surface area contributed by atoms with Gasteiger partial charge in [-0.25, -0.2) is 0 Å². The summed E-state index contributed by atoms with van der Waals surface area (Å²) in [7, 11) is 0. The molecule has 1 aliphatic heterocycles. The van der Waals surface area contributed by atoms with Gasteiger partial charge in [0.1, 0.15) is 0 Å². The molecular formula is C18H21ClN2S. The quantitative estimate of drug-likeness (QED) is 0.878. The molecule has 22 heavy (non-hydrogen) atoms. The minimum absolute atomic E-state index is 0.511. The average Bonchev–Trinajstić information content (AvgIpc) is 2.49. The first-order chi connectivity index (χ1) is 10.6. The van der Waals surface area contributed by atoms with Crippen LogP contribution in [0.3, 0.4) is 0 Å². The Kier molecular flexibility index (Phi) is 4.97. The van der Waals surface area contributed by atoms with E-state index < -0.39 is 0 Å². The van der Waals surface area contributed by atoms with Gasteiger partial charge in [0.15, 0.2) is 0 Å². The van der Waals surface area contributed by atoms with Crippen molar-refractivity contribution in [3.05, 3.63) is 53.6 Å².